The molecule has 0 fully saturated rings. The van der Waals surface area contributed by atoms with E-state index in [1.807, 2.05) is 0 Å². The van der Waals surface area contributed by atoms with Gasteiger partial charge < -0.3 is 0 Å². The molecule has 0 heterocycles. The molecule has 7 heteroatoms. The summed E-state index contributed by atoms with van der Waals surface area (Å²) in [6, 6.07) is 0. The zero-order valence-corrected chi connectivity index (χ0v) is 16.6. The smallest absolute Gasteiger partial charge is 1.00 e. The van der Waals surface area contributed by atoms with Crippen LogP contribution in [0.15, 0.2) is 0 Å². The standard InChI is InChI=1S/C4H10OPS2.3Na/c1-3-6(5,7,8)4-2;;;/h3-4H2,1-2H3;;;/q-3;3*+1. The van der Waals surface area contributed by atoms with E-state index in [1.54, 1.807) is 13.8 Å². The Kier molecular flexibility index (Phi) is 20.7. The van der Waals surface area contributed by atoms with Crippen LogP contribution in [-0.2, 0) is 24.5 Å². The first-order valence-electron chi connectivity index (χ1n) is 2.59. The van der Waals surface area contributed by atoms with Gasteiger partial charge >= 0.3 is 149 Å². The van der Waals surface area contributed by atoms with Gasteiger partial charge in [0.05, 0.1) is 0 Å². The molecule has 1 nitrogen and oxygen atoms in total. The van der Waals surface area contributed by atoms with Crippen molar-refractivity contribution in [2.24, 2.45) is 0 Å². The van der Waals surface area contributed by atoms with E-state index in [9.17, 15) is 4.89 Å². The zero-order valence-electron chi connectivity index (χ0n) is 8.09. The zero-order chi connectivity index (χ0) is 6.86. The average molecular weight is 238 g/mol. The van der Waals surface area contributed by atoms with E-state index in [2.05, 4.69) is 0 Å². The van der Waals surface area contributed by atoms with Crippen molar-refractivity contribution in [3.63, 3.8) is 0 Å². The van der Waals surface area contributed by atoms with Crippen LogP contribution in [0, 0.1) is 0 Å². The Labute approximate surface area is 146 Å². The molecule has 0 radical (unpaired) electrons. The van der Waals surface area contributed by atoms with Gasteiger partial charge in [-0.25, -0.2) is 0 Å². The molecule has 0 aromatic carbocycles. The first-order chi connectivity index (χ1) is 3.39. The monoisotopic (exact) mass is 238 g/mol. The summed E-state index contributed by atoms with van der Waals surface area (Å²) in [6.45, 7) is 3.57. The molecule has 0 unspecified atom stereocenters. The van der Waals surface area contributed by atoms with E-state index in [4.69, 9.17) is 24.5 Å². The number of hydrogen-bond donors (Lipinski definition) is 0. The Balaban J connectivity index is -0.0000000817. The van der Waals surface area contributed by atoms with Crippen LogP contribution in [0.5, 0.6) is 0 Å². The summed E-state index contributed by atoms with van der Waals surface area (Å²) < 4.78 is 0. The van der Waals surface area contributed by atoms with Gasteiger partial charge in [0, 0.05) is 0 Å². The van der Waals surface area contributed by atoms with Gasteiger partial charge in [-0.1, -0.05) is 0 Å². The Morgan fingerprint density at radius 2 is 1.18 bits per heavy atom. The average Bonchev–Trinajstić information content (AvgIpc) is 1.68. The minimum Gasteiger partial charge on any atom is 1.00 e. The third kappa shape index (κ3) is 14.1. The molecule has 0 aromatic heterocycles. The summed E-state index contributed by atoms with van der Waals surface area (Å²) in [4.78, 5) is 11.2. The van der Waals surface area contributed by atoms with Gasteiger partial charge in [-0.15, -0.1) is 0 Å². The summed E-state index contributed by atoms with van der Waals surface area (Å²) in [7, 11) is 0. The summed E-state index contributed by atoms with van der Waals surface area (Å²) in [5.41, 5.74) is 0. The van der Waals surface area contributed by atoms with Crippen molar-refractivity contribution in [1.29, 1.82) is 0 Å². The SMILES string of the molecule is CCP([O-])([S-])([S-])CC.[Na+].[Na+].[Na+]. The van der Waals surface area contributed by atoms with Gasteiger partial charge in [0.25, 0.3) is 0 Å². The van der Waals surface area contributed by atoms with Crippen LogP contribution in [-0.4, -0.2) is 12.3 Å². The second kappa shape index (κ2) is 9.33. The Morgan fingerprint density at radius 3 is 1.18 bits per heavy atom. The van der Waals surface area contributed by atoms with Crippen LogP contribution >= 0.6 is 5.23 Å². The van der Waals surface area contributed by atoms with E-state index in [-0.39, 0.29) is 88.7 Å². The molecule has 0 saturated heterocycles. The molecular formula is C4H10Na3OPS2. The third-order valence-corrected chi connectivity index (χ3v) is 6.76. The van der Waals surface area contributed by atoms with Crippen LogP contribution in [0.4, 0.5) is 0 Å². The third-order valence-electron chi connectivity index (χ3n) is 1.22. The van der Waals surface area contributed by atoms with Crippen LogP contribution in [0.25, 0.3) is 0 Å². The molecule has 0 aliphatic rings. The van der Waals surface area contributed by atoms with Crippen molar-refractivity contribution in [3.05, 3.63) is 0 Å². The van der Waals surface area contributed by atoms with Crippen molar-refractivity contribution >= 4 is 29.7 Å². The fourth-order valence-corrected chi connectivity index (χ4v) is 0.671. The van der Waals surface area contributed by atoms with Gasteiger partial charge in [-0.05, 0) is 0 Å². The maximum Gasteiger partial charge on any atom is 1.00 e. The van der Waals surface area contributed by atoms with E-state index in [1.165, 1.54) is 0 Å². The van der Waals surface area contributed by atoms with Gasteiger partial charge in [0.1, 0.15) is 0 Å². The molecule has 0 rings (SSSR count). The van der Waals surface area contributed by atoms with Gasteiger partial charge in [-0.3, -0.25) is 0 Å². The molecule has 0 spiro atoms. The molecule has 0 aliphatic carbocycles. The Bertz CT molecular complexity index is 87.1. The topological polar surface area (TPSA) is 23.1 Å². The van der Waals surface area contributed by atoms with Gasteiger partial charge in [-0.2, -0.15) is 0 Å². The van der Waals surface area contributed by atoms with Crippen LogP contribution in [0.3, 0.4) is 0 Å². The molecule has 0 aliphatic heterocycles. The molecule has 0 bridgehead atoms. The first kappa shape index (κ1) is 24.4. The molecule has 52 valence electrons. The number of rotatable bonds is 2. The van der Waals surface area contributed by atoms with Crippen LogP contribution in [0.2, 0.25) is 0 Å². The second-order valence-electron chi connectivity index (χ2n) is 1.85. The van der Waals surface area contributed by atoms with Crippen molar-refractivity contribution in [3.8, 4) is 0 Å². The van der Waals surface area contributed by atoms with E-state index in [0.717, 1.165) is 0 Å². The maximum absolute atomic E-state index is 11.2. The van der Waals surface area contributed by atoms with Crippen molar-refractivity contribution in [2.45, 2.75) is 13.8 Å². The van der Waals surface area contributed by atoms with Gasteiger partial charge in [0.15, 0.2) is 0 Å². The summed E-state index contributed by atoms with van der Waals surface area (Å²) in [5, 5.41) is -3.18. The first-order valence-corrected chi connectivity index (χ1v) is 7.15. The quantitative estimate of drug-likeness (QED) is 0.271. The largest absolute Gasteiger partial charge is 1.00 e. The minimum absolute atomic E-state index is 0. The molecule has 0 N–H and O–H groups in total. The van der Waals surface area contributed by atoms with Gasteiger partial charge in [0.2, 0.25) is 0 Å². The Hall–Kier alpha value is 4.09. The summed E-state index contributed by atoms with van der Waals surface area (Å²) >= 11 is 9.48. The summed E-state index contributed by atoms with van der Waals surface area (Å²) in [6.07, 6.45) is 0.930. The predicted molar refractivity (Wildman–Crippen MR) is 42.7 cm³/mol. The van der Waals surface area contributed by atoms with Crippen LogP contribution < -0.4 is 93.6 Å². The minimum atomic E-state index is -3.18. The number of hydrogen-bond acceptors (Lipinski definition) is 3. The van der Waals surface area contributed by atoms with Crippen LogP contribution in [0.1, 0.15) is 13.8 Å². The Morgan fingerprint density at radius 1 is 1.00 bits per heavy atom. The fourth-order valence-electron chi connectivity index (χ4n) is 0.224. The van der Waals surface area contributed by atoms with Crippen molar-refractivity contribution in [1.82, 2.24) is 0 Å². The van der Waals surface area contributed by atoms with E-state index in [0.29, 0.717) is 12.3 Å². The molecule has 0 saturated carbocycles. The molecule has 0 amide bonds. The maximum atomic E-state index is 11.2. The van der Waals surface area contributed by atoms with Crippen molar-refractivity contribution < 1.29 is 93.6 Å². The summed E-state index contributed by atoms with van der Waals surface area (Å²) in [5.74, 6) is 0. The van der Waals surface area contributed by atoms with E-state index < -0.39 is 5.23 Å². The molecular weight excluding hydrogens is 228 g/mol. The second-order valence-corrected chi connectivity index (χ2v) is 11.3. The fraction of sp³-hybridized carbons (Fsp3) is 1.00. The molecule has 0 aromatic rings. The molecule has 0 atom stereocenters. The molecule has 11 heavy (non-hydrogen) atoms. The normalized spacial score (nSPS) is 12.6. The van der Waals surface area contributed by atoms with E-state index >= 15 is 0 Å². The van der Waals surface area contributed by atoms with Crippen molar-refractivity contribution in [2.75, 3.05) is 12.3 Å². The predicted octanol–water partition coefficient (Wildman–Crippen LogP) is -8.21.